The summed E-state index contributed by atoms with van der Waals surface area (Å²) in [5, 5.41) is 3.91. The van der Waals surface area contributed by atoms with E-state index in [1.54, 1.807) is 18.3 Å². The number of para-hydroxylation sites is 1. The molecule has 4 heteroatoms. The Morgan fingerprint density at radius 1 is 1.40 bits per heavy atom. The molecule has 0 amide bonds. The molecular weight excluding hydrogens is 195 g/mol. The molecule has 0 unspecified atom stereocenters. The zero-order chi connectivity index (χ0) is 10.8. The highest BCUT2D eigenvalue weighted by Gasteiger charge is 2.13. The van der Waals surface area contributed by atoms with Gasteiger partial charge in [-0.05, 0) is 25.1 Å². The van der Waals surface area contributed by atoms with Crippen LogP contribution in [0.15, 0.2) is 36.7 Å². The van der Waals surface area contributed by atoms with Crippen molar-refractivity contribution < 1.29 is 9.18 Å². The number of rotatable bonds is 2. The first-order chi connectivity index (χ1) is 7.20. The molecule has 1 aromatic carbocycles. The van der Waals surface area contributed by atoms with Gasteiger partial charge in [0.05, 0.1) is 0 Å². The van der Waals surface area contributed by atoms with Gasteiger partial charge < -0.3 is 0 Å². The lowest BCUT2D eigenvalue weighted by Gasteiger charge is -2.07. The fourth-order valence-electron chi connectivity index (χ4n) is 1.43. The van der Waals surface area contributed by atoms with Crippen LogP contribution >= 0.6 is 0 Å². The maximum absolute atomic E-state index is 13.6. The lowest BCUT2D eigenvalue weighted by molar-refractivity contribution is 0.101. The lowest BCUT2D eigenvalue weighted by atomic mass is 10.1. The van der Waals surface area contributed by atoms with E-state index in [0.29, 0.717) is 5.56 Å². The molecule has 0 bridgehead atoms. The molecule has 0 fully saturated rings. The van der Waals surface area contributed by atoms with Crippen LogP contribution in [0.1, 0.15) is 17.3 Å². The summed E-state index contributed by atoms with van der Waals surface area (Å²) in [5.74, 6) is -0.633. The predicted octanol–water partition coefficient (Wildman–Crippen LogP) is 2.21. The summed E-state index contributed by atoms with van der Waals surface area (Å²) in [7, 11) is 0. The van der Waals surface area contributed by atoms with Crippen LogP contribution < -0.4 is 0 Å². The number of nitrogens with zero attached hydrogens (tertiary/aromatic N) is 2. The van der Waals surface area contributed by atoms with Crippen molar-refractivity contribution in [2.45, 2.75) is 6.92 Å². The number of carbonyl (C=O) groups excluding carboxylic acids is 1. The number of hydrogen-bond donors (Lipinski definition) is 0. The minimum atomic E-state index is -0.452. The third kappa shape index (κ3) is 1.66. The maximum atomic E-state index is 13.6. The molecule has 0 aliphatic carbocycles. The number of benzene rings is 1. The van der Waals surface area contributed by atoms with Gasteiger partial charge in [0.15, 0.2) is 5.78 Å². The predicted molar refractivity (Wildman–Crippen MR) is 53.5 cm³/mol. The Balaban J connectivity index is 2.68. The topological polar surface area (TPSA) is 34.9 Å². The zero-order valence-corrected chi connectivity index (χ0v) is 8.14. The Bertz CT molecular complexity index is 491. The molecule has 2 rings (SSSR count). The molecule has 2 aromatic rings. The lowest BCUT2D eigenvalue weighted by Crippen LogP contribution is -2.06. The van der Waals surface area contributed by atoms with Crippen molar-refractivity contribution in [3.05, 3.63) is 48.0 Å². The minimum absolute atomic E-state index is 0.181. The Hall–Kier alpha value is -1.97. The van der Waals surface area contributed by atoms with Crippen molar-refractivity contribution in [2.24, 2.45) is 0 Å². The Kier molecular flexibility index (Phi) is 2.33. The molecule has 0 spiro atoms. The molecule has 0 aliphatic heterocycles. The van der Waals surface area contributed by atoms with Crippen LogP contribution in [0.5, 0.6) is 0 Å². The van der Waals surface area contributed by atoms with Gasteiger partial charge in [0.1, 0.15) is 11.5 Å². The van der Waals surface area contributed by atoms with Gasteiger partial charge in [0.25, 0.3) is 0 Å². The summed E-state index contributed by atoms with van der Waals surface area (Å²) >= 11 is 0. The standard InChI is InChI=1S/C11H9FN2O/c1-8(15)9-4-2-5-10(12)11(9)14-7-3-6-13-14/h2-7H,1H3. The highest BCUT2D eigenvalue weighted by molar-refractivity contribution is 5.97. The number of aromatic nitrogens is 2. The number of carbonyl (C=O) groups is 1. The first-order valence-electron chi connectivity index (χ1n) is 4.49. The third-order valence-electron chi connectivity index (χ3n) is 2.10. The molecule has 0 aliphatic rings. The van der Waals surface area contributed by atoms with Gasteiger partial charge in [0.2, 0.25) is 0 Å². The first-order valence-corrected chi connectivity index (χ1v) is 4.49. The molecule has 3 nitrogen and oxygen atoms in total. The second-order valence-electron chi connectivity index (χ2n) is 3.14. The Morgan fingerprint density at radius 3 is 2.80 bits per heavy atom. The average Bonchev–Trinajstić information content (AvgIpc) is 2.70. The highest BCUT2D eigenvalue weighted by Crippen LogP contribution is 2.18. The van der Waals surface area contributed by atoms with Crippen LogP contribution in [0.25, 0.3) is 5.69 Å². The van der Waals surface area contributed by atoms with E-state index < -0.39 is 5.82 Å². The van der Waals surface area contributed by atoms with Gasteiger partial charge in [-0.3, -0.25) is 4.79 Å². The van der Waals surface area contributed by atoms with E-state index in [2.05, 4.69) is 5.10 Å². The number of hydrogen-bond acceptors (Lipinski definition) is 2. The van der Waals surface area contributed by atoms with Crippen LogP contribution in [0.4, 0.5) is 4.39 Å². The monoisotopic (exact) mass is 204 g/mol. The fraction of sp³-hybridized carbons (Fsp3) is 0.0909. The van der Waals surface area contributed by atoms with Crippen LogP contribution in [-0.2, 0) is 0 Å². The second kappa shape index (κ2) is 3.65. The summed E-state index contributed by atoms with van der Waals surface area (Å²) in [4.78, 5) is 11.3. The quantitative estimate of drug-likeness (QED) is 0.703. The molecule has 76 valence electrons. The molecule has 0 saturated heterocycles. The van der Waals surface area contributed by atoms with Crippen LogP contribution in [0.2, 0.25) is 0 Å². The number of ketones is 1. The average molecular weight is 204 g/mol. The summed E-state index contributed by atoms with van der Waals surface area (Å²) in [5.41, 5.74) is 0.536. The van der Waals surface area contributed by atoms with Gasteiger partial charge >= 0.3 is 0 Å². The van der Waals surface area contributed by atoms with E-state index in [1.807, 2.05) is 0 Å². The van der Waals surface area contributed by atoms with Crippen molar-refractivity contribution in [1.29, 1.82) is 0 Å². The van der Waals surface area contributed by atoms with Gasteiger partial charge in [-0.25, -0.2) is 9.07 Å². The normalized spacial score (nSPS) is 10.3. The first kappa shape index (κ1) is 9.58. The summed E-state index contributed by atoms with van der Waals surface area (Å²) in [6, 6.07) is 6.08. The molecule has 0 N–H and O–H groups in total. The van der Waals surface area contributed by atoms with Crippen LogP contribution in [0.3, 0.4) is 0 Å². The second-order valence-corrected chi connectivity index (χ2v) is 3.14. The molecule has 0 radical (unpaired) electrons. The van der Waals surface area contributed by atoms with E-state index in [0.717, 1.165) is 0 Å². The van der Waals surface area contributed by atoms with Crippen molar-refractivity contribution in [3.63, 3.8) is 0 Å². The number of Topliss-reactive ketones (excluding diaryl/α,β-unsaturated/α-hetero) is 1. The van der Waals surface area contributed by atoms with E-state index in [9.17, 15) is 9.18 Å². The van der Waals surface area contributed by atoms with Gasteiger partial charge in [-0.15, -0.1) is 0 Å². The van der Waals surface area contributed by atoms with Crippen LogP contribution in [-0.4, -0.2) is 15.6 Å². The molecule has 0 saturated carbocycles. The van der Waals surface area contributed by atoms with Crippen LogP contribution in [0, 0.1) is 5.82 Å². The summed E-state index contributed by atoms with van der Waals surface area (Å²) < 4.78 is 14.9. The van der Waals surface area contributed by atoms with Crippen molar-refractivity contribution in [3.8, 4) is 5.69 Å². The van der Waals surface area contributed by atoms with Crippen molar-refractivity contribution >= 4 is 5.78 Å². The van der Waals surface area contributed by atoms with E-state index >= 15 is 0 Å². The summed E-state index contributed by atoms with van der Waals surface area (Å²) in [6.07, 6.45) is 3.14. The maximum Gasteiger partial charge on any atom is 0.162 e. The Morgan fingerprint density at radius 2 is 2.20 bits per heavy atom. The smallest absolute Gasteiger partial charge is 0.162 e. The zero-order valence-electron chi connectivity index (χ0n) is 8.14. The summed E-state index contributed by atoms with van der Waals surface area (Å²) in [6.45, 7) is 1.40. The minimum Gasteiger partial charge on any atom is -0.294 e. The molecular formula is C11H9FN2O. The fourth-order valence-corrected chi connectivity index (χ4v) is 1.43. The van der Waals surface area contributed by atoms with Crippen molar-refractivity contribution in [1.82, 2.24) is 9.78 Å². The van der Waals surface area contributed by atoms with E-state index in [4.69, 9.17) is 0 Å². The van der Waals surface area contributed by atoms with Crippen molar-refractivity contribution in [2.75, 3.05) is 0 Å². The third-order valence-corrected chi connectivity index (χ3v) is 2.10. The van der Waals surface area contributed by atoms with E-state index in [-0.39, 0.29) is 11.5 Å². The molecule has 15 heavy (non-hydrogen) atoms. The molecule has 1 heterocycles. The van der Waals surface area contributed by atoms with Gasteiger partial charge in [0, 0.05) is 18.0 Å². The largest absolute Gasteiger partial charge is 0.294 e. The Labute approximate surface area is 86.2 Å². The molecule has 1 aromatic heterocycles. The SMILES string of the molecule is CC(=O)c1cccc(F)c1-n1cccn1. The highest BCUT2D eigenvalue weighted by atomic mass is 19.1. The number of halogens is 1. The van der Waals surface area contributed by atoms with Gasteiger partial charge in [-0.1, -0.05) is 6.07 Å². The molecule has 0 atom stereocenters. The van der Waals surface area contributed by atoms with Gasteiger partial charge in [-0.2, -0.15) is 5.10 Å². The van der Waals surface area contributed by atoms with E-state index in [1.165, 1.54) is 29.9 Å².